The summed E-state index contributed by atoms with van der Waals surface area (Å²) in [6.07, 6.45) is 5.20. The third-order valence-electron chi connectivity index (χ3n) is 6.04. The minimum Gasteiger partial charge on any atom is -0.497 e. The van der Waals surface area contributed by atoms with Gasteiger partial charge in [-0.25, -0.2) is 0 Å². The Balaban J connectivity index is 1.41. The first-order valence-electron chi connectivity index (χ1n) is 10.9. The lowest BCUT2D eigenvalue weighted by Crippen LogP contribution is -2.31. The summed E-state index contributed by atoms with van der Waals surface area (Å²) in [6.45, 7) is 1.65. The summed E-state index contributed by atoms with van der Waals surface area (Å²) in [7, 11) is 3.74. The molecule has 1 aromatic heterocycles. The van der Waals surface area contributed by atoms with Crippen molar-refractivity contribution >= 4 is 11.6 Å². The van der Waals surface area contributed by atoms with Gasteiger partial charge in [-0.1, -0.05) is 30.3 Å². The van der Waals surface area contributed by atoms with Gasteiger partial charge in [-0.05, 0) is 49.1 Å². The van der Waals surface area contributed by atoms with Crippen LogP contribution >= 0.6 is 0 Å². The summed E-state index contributed by atoms with van der Waals surface area (Å²) in [4.78, 5) is 17.3. The van der Waals surface area contributed by atoms with E-state index in [0.29, 0.717) is 6.42 Å². The number of methoxy groups -OCH3 is 1. The van der Waals surface area contributed by atoms with Crippen molar-refractivity contribution in [3.8, 4) is 16.9 Å². The van der Waals surface area contributed by atoms with Gasteiger partial charge in [0.25, 0.3) is 0 Å². The summed E-state index contributed by atoms with van der Waals surface area (Å²) >= 11 is 0. The van der Waals surface area contributed by atoms with Gasteiger partial charge in [0.1, 0.15) is 5.75 Å². The van der Waals surface area contributed by atoms with E-state index in [-0.39, 0.29) is 11.9 Å². The molecule has 6 nitrogen and oxygen atoms in total. The number of hydrogen-bond acceptors (Lipinski definition) is 4. The lowest BCUT2D eigenvalue weighted by Gasteiger charge is -2.26. The van der Waals surface area contributed by atoms with Gasteiger partial charge in [-0.15, -0.1) is 0 Å². The number of aromatic nitrogens is 2. The molecule has 4 rings (SSSR count). The van der Waals surface area contributed by atoms with Crippen molar-refractivity contribution in [1.29, 1.82) is 0 Å². The molecule has 1 N–H and O–H groups in total. The molecule has 1 saturated heterocycles. The molecule has 1 amide bonds. The van der Waals surface area contributed by atoms with Gasteiger partial charge < -0.3 is 14.5 Å². The maximum atomic E-state index is 13.1. The van der Waals surface area contributed by atoms with Crippen LogP contribution in [0.4, 0.5) is 5.69 Å². The summed E-state index contributed by atoms with van der Waals surface area (Å²) in [5.74, 6) is 1.03. The number of ether oxygens (including phenoxy) is 1. The van der Waals surface area contributed by atoms with E-state index in [9.17, 15) is 4.79 Å². The molecule has 1 aliphatic heterocycles. The molecule has 0 radical (unpaired) electrons. The Kier molecular flexibility index (Phi) is 6.55. The first-order valence-corrected chi connectivity index (χ1v) is 10.9. The zero-order valence-corrected chi connectivity index (χ0v) is 18.3. The molecule has 162 valence electrons. The number of amides is 1. The Bertz CT molecular complexity index is 1000. The smallest absolute Gasteiger partial charge is 0.223 e. The lowest BCUT2D eigenvalue weighted by atomic mass is 10.0. The number of nitrogens with one attached hydrogen (secondary N) is 1. The minimum absolute atomic E-state index is 0.0445. The number of para-hydroxylation sites is 1. The third-order valence-corrected chi connectivity index (χ3v) is 6.04. The largest absolute Gasteiger partial charge is 0.497 e. The molecule has 31 heavy (non-hydrogen) atoms. The molecule has 0 aliphatic carbocycles. The number of likely N-dealkylation sites (tertiary alicyclic amines) is 1. The fourth-order valence-corrected chi connectivity index (χ4v) is 4.36. The van der Waals surface area contributed by atoms with Crippen molar-refractivity contribution in [2.75, 3.05) is 32.1 Å². The average Bonchev–Trinajstić information content (AvgIpc) is 3.49. The number of aromatic amines is 1. The Labute approximate surface area is 183 Å². The number of anilines is 1. The van der Waals surface area contributed by atoms with Crippen LogP contribution in [0, 0.1) is 0 Å². The molecule has 1 unspecified atom stereocenters. The van der Waals surface area contributed by atoms with Crippen molar-refractivity contribution in [1.82, 2.24) is 15.1 Å². The molecule has 0 spiro atoms. The monoisotopic (exact) mass is 418 g/mol. The number of benzene rings is 2. The highest BCUT2D eigenvalue weighted by atomic mass is 16.5. The van der Waals surface area contributed by atoms with E-state index >= 15 is 0 Å². The highest BCUT2D eigenvalue weighted by molar-refractivity contribution is 5.78. The van der Waals surface area contributed by atoms with Gasteiger partial charge in [0.05, 0.1) is 25.0 Å². The quantitative estimate of drug-likeness (QED) is 0.578. The number of rotatable bonds is 8. The zero-order chi connectivity index (χ0) is 21.6. The van der Waals surface area contributed by atoms with Crippen LogP contribution in [0.1, 0.15) is 37.4 Å². The number of hydrogen-bond donors (Lipinski definition) is 1. The molecular formula is C25H30N4O2. The topological polar surface area (TPSA) is 61.5 Å². The number of nitrogens with zero attached hydrogens (tertiary/aromatic N) is 3. The van der Waals surface area contributed by atoms with Gasteiger partial charge in [0, 0.05) is 37.8 Å². The normalized spacial score (nSPS) is 15.8. The van der Waals surface area contributed by atoms with E-state index in [1.165, 1.54) is 5.69 Å². The number of carbonyl (C=O) groups excluding carboxylic acids is 1. The highest BCUT2D eigenvalue weighted by Crippen LogP contribution is 2.37. The van der Waals surface area contributed by atoms with Crippen LogP contribution < -0.4 is 9.64 Å². The van der Waals surface area contributed by atoms with Crippen LogP contribution in [0.25, 0.3) is 11.1 Å². The van der Waals surface area contributed by atoms with Crippen LogP contribution in [0.5, 0.6) is 5.75 Å². The number of H-pyrrole nitrogens is 1. The second-order valence-electron chi connectivity index (χ2n) is 8.04. The fourth-order valence-electron chi connectivity index (χ4n) is 4.36. The maximum Gasteiger partial charge on any atom is 0.223 e. The summed E-state index contributed by atoms with van der Waals surface area (Å²) in [5, 5.41) is 7.47. The van der Waals surface area contributed by atoms with Gasteiger partial charge in [-0.2, -0.15) is 5.10 Å². The van der Waals surface area contributed by atoms with Crippen molar-refractivity contribution < 1.29 is 9.53 Å². The standard InChI is InChI=1S/C25H30N4O2/c1-28(20-10-4-3-5-11-20)15-8-14-24(30)29-16-7-13-23(29)25-22(18-26-27-25)19-9-6-12-21(17-19)31-2/h3-6,9-12,17-18,23H,7-8,13-16H2,1-2H3,(H,26,27). The predicted molar refractivity (Wildman–Crippen MR) is 123 cm³/mol. The van der Waals surface area contributed by atoms with Crippen molar-refractivity contribution in [2.45, 2.75) is 31.7 Å². The lowest BCUT2D eigenvalue weighted by molar-refractivity contribution is -0.132. The summed E-state index contributed by atoms with van der Waals surface area (Å²) < 4.78 is 5.37. The molecule has 1 atom stereocenters. The molecule has 6 heteroatoms. The molecular weight excluding hydrogens is 388 g/mol. The number of carbonyl (C=O) groups is 1. The van der Waals surface area contributed by atoms with E-state index < -0.39 is 0 Å². The van der Waals surface area contributed by atoms with E-state index in [1.807, 2.05) is 47.5 Å². The Morgan fingerprint density at radius 3 is 2.87 bits per heavy atom. The van der Waals surface area contributed by atoms with Gasteiger partial charge in [0.15, 0.2) is 0 Å². The zero-order valence-electron chi connectivity index (χ0n) is 18.3. The minimum atomic E-state index is 0.0445. The van der Waals surface area contributed by atoms with Crippen LogP contribution in [0.2, 0.25) is 0 Å². The van der Waals surface area contributed by atoms with Crippen LogP contribution in [0.3, 0.4) is 0 Å². The SMILES string of the molecule is COc1cccc(-c2cn[nH]c2C2CCCN2C(=O)CCCN(C)c2ccccc2)c1. The Morgan fingerprint density at radius 2 is 2.06 bits per heavy atom. The van der Waals surface area contributed by atoms with Gasteiger partial charge in [0.2, 0.25) is 5.91 Å². The third kappa shape index (κ3) is 4.74. The van der Waals surface area contributed by atoms with E-state index in [2.05, 4.69) is 40.3 Å². The highest BCUT2D eigenvalue weighted by Gasteiger charge is 2.32. The fraction of sp³-hybridized carbons (Fsp3) is 0.360. The Hall–Kier alpha value is -3.28. The maximum absolute atomic E-state index is 13.1. The van der Waals surface area contributed by atoms with Crippen molar-refractivity contribution in [3.05, 3.63) is 66.5 Å². The summed E-state index contributed by atoms with van der Waals surface area (Å²) in [6, 6.07) is 18.3. The molecule has 1 aliphatic rings. The van der Waals surface area contributed by atoms with Crippen molar-refractivity contribution in [3.63, 3.8) is 0 Å². The molecule has 0 bridgehead atoms. The second-order valence-corrected chi connectivity index (χ2v) is 8.04. The summed E-state index contributed by atoms with van der Waals surface area (Å²) in [5.41, 5.74) is 4.27. The molecule has 0 saturated carbocycles. The average molecular weight is 419 g/mol. The van der Waals surface area contributed by atoms with E-state index in [0.717, 1.165) is 54.9 Å². The molecule has 2 heterocycles. The van der Waals surface area contributed by atoms with Gasteiger partial charge >= 0.3 is 0 Å². The Morgan fingerprint density at radius 1 is 1.23 bits per heavy atom. The molecule has 3 aromatic rings. The van der Waals surface area contributed by atoms with E-state index in [1.54, 1.807) is 7.11 Å². The van der Waals surface area contributed by atoms with Gasteiger partial charge in [-0.3, -0.25) is 9.89 Å². The first-order chi connectivity index (χ1) is 15.2. The molecule has 1 fully saturated rings. The first kappa shape index (κ1) is 21.0. The second kappa shape index (κ2) is 9.69. The van der Waals surface area contributed by atoms with Crippen molar-refractivity contribution in [2.24, 2.45) is 0 Å². The van der Waals surface area contributed by atoms with Crippen LogP contribution in [-0.2, 0) is 4.79 Å². The van der Waals surface area contributed by atoms with E-state index in [4.69, 9.17) is 4.74 Å². The predicted octanol–water partition coefficient (Wildman–Crippen LogP) is 4.67. The molecule has 2 aromatic carbocycles. The van der Waals surface area contributed by atoms with Crippen LogP contribution in [0.15, 0.2) is 60.8 Å². The van der Waals surface area contributed by atoms with Crippen LogP contribution in [-0.4, -0.2) is 48.3 Å².